The maximum absolute atomic E-state index is 11.5. The number of nitrogens with zero attached hydrogens (tertiary/aromatic N) is 1. The molecule has 0 saturated heterocycles. The quantitative estimate of drug-likeness (QED) is 0.618. The average Bonchev–Trinajstić information content (AvgIpc) is 2.28. The van der Waals surface area contributed by atoms with Crippen molar-refractivity contribution in [1.29, 1.82) is 0 Å². The molecular formula is C10H11NO4. The normalized spacial score (nSPS) is 14.5. The minimum atomic E-state index is -0.602. The van der Waals surface area contributed by atoms with Gasteiger partial charge in [-0.25, -0.2) is 4.79 Å². The van der Waals surface area contributed by atoms with Crippen LogP contribution in [0.3, 0.4) is 0 Å². The molecule has 5 heteroatoms. The molecule has 0 unspecified atom stereocenters. The Morgan fingerprint density at radius 1 is 1.60 bits per heavy atom. The number of carbonyl (C=O) groups is 1. The van der Waals surface area contributed by atoms with Crippen LogP contribution in [0.4, 0.5) is 0 Å². The lowest BCUT2D eigenvalue weighted by molar-refractivity contribution is 0.0565. The molecule has 5 nitrogen and oxygen atoms in total. The van der Waals surface area contributed by atoms with Gasteiger partial charge in [0.25, 0.3) is 0 Å². The van der Waals surface area contributed by atoms with Crippen LogP contribution in [0.1, 0.15) is 16.1 Å². The van der Waals surface area contributed by atoms with Gasteiger partial charge in [-0.3, -0.25) is 4.79 Å². The van der Waals surface area contributed by atoms with Crippen molar-refractivity contribution in [2.75, 3.05) is 13.7 Å². The standard InChI is InChI=1S/C10H11NO4/c1-14-10(13)9-7-6-15-5-4-11(7)3-2-8(9)12/h2-3H,4-6H2,1H3. The SMILES string of the molecule is COC(=O)c1c2n(ccc1=O)CCOC2. The lowest BCUT2D eigenvalue weighted by Gasteiger charge is -2.20. The first-order valence-corrected chi connectivity index (χ1v) is 4.62. The van der Waals surface area contributed by atoms with Gasteiger partial charge in [0.1, 0.15) is 5.56 Å². The summed E-state index contributed by atoms with van der Waals surface area (Å²) in [5.41, 5.74) is 0.360. The number of aromatic nitrogens is 1. The molecule has 0 aliphatic carbocycles. The molecule has 0 saturated carbocycles. The number of hydrogen-bond acceptors (Lipinski definition) is 4. The van der Waals surface area contributed by atoms with E-state index in [0.717, 1.165) is 0 Å². The second-order valence-corrected chi connectivity index (χ2v) is 3.24. The molecule has 0 bridgehead atoms. The van der Waals surface area contributed by atoms with Crippen LogP contribution in [0.15, 0.2) is 17.1 Å². The fourth-order valence-electron chi connectivity index (χ4n) is 1.63. The maximum Gasteiger partial charge on any atom is 0.343 e. The van der Waals surface area contributed by atoms with Crippen molar-refractivity contribution >= 4 is 5.97 Å². The van der Waals surface area contributed by atoms with Crippen LogP contribution in [-0.4, -0.2) is 24.3 Å². The van der Waals surface area contributed by atoms with Crippen molar-refractivity contribution in [3.05, 3.63) is 33.7 Å². The van der Waals surface area contributed by atoms with Gasteiger partial charge in [-0.05, 0) is 0 Å². The second kappa shape index (κ2) is 3.86. The third-order valence-corrected chi connectivity index (χ3v) is 2.39. The summed E-state index contributed by atoms with van der Waals surface area (Å²) in [5, 5.41) is 0. The lowest BCUT2D eigenvalue weighted by atomic mass is 10.1. The van der Waals surface area contributed by atoms with Crippen molar-refractivity contribution in [3.8, 4) is 0 Å². The molecule has 0 radical (unpaired) electrons. The van der Waals surface area contributed by atoms with Gasteiger partial charge in [-0.2, -0.15) is 0 Å². The van der Waals surface area contributed by atoms with Crippen molar-refractivity contribution < 1.29 is 14.3 Å². The molecule has 0 N–H and O–H groups in total. The summed E-state index contributed by atoms with van der Waals surface area (Å²) >= 11 is 0. The molecular weight excluding hydrogens is 198 g/mol. The molecule has 1 aromatic rings. The Hall–Kier alpha value is -1.62. The Balaban J connectivity index is 2.60. The van der Waals surface area contributed by atoms with Gasteiger partial charge >= 0.3 is 5.97 Å². The lowest BCUT2D eigenvalue weighted by Crippen LogP contribution is -2.28. The summed E-state index contributed by atoms with van der Waals surface area (Å²) in [5.74, 6) is -0.602. The van der Waals surface area contributed by atoms with Crippen molar-refractivity contribution in [2.45, 2.75) is 13.2 Å². The first kappa shape index (κ1) is 9.92. The zero-order valence-corrected chi connectivity index (χ0v) is 8.36. The number of methoxy groups -OCH3 is 1. The van der Waals surface area contributed by atoms with Crippen LogP contribution in [0.25, 0.3) is 0 Å². The fraction of sp³-hybridized carbons (Fsp3) is 0.400. The Morgan fingerprint density at radius 3 is 3.13 bits per heavy atom. The van der Waals surface area contributed by atoms with Gasteiger partial charge in [-0.1, -0.05) is 0 Å². The minimum absolute atomic E-state index is 0.0831. The highest BCUT2D eigenvalue weighted by atomic mass is 16.5. The van der Waals surface area contributed by atoms with Gasteiger partial charge in [0.15, 0.2) is 5.43 Å². The van der Waals surface area contributed by atoms with E-state index in [0.29, 0.717) is 18.8 Å². The van der Waals surface area contributed by atoms with Gasteiger partial charge in [0, 0.05) is 18.8 Å². The van der Waals surface area contributed by atoms with E-state index in [2.05, 4.69) is 4.74 Å². The van der Waals surface area contributed by atoms with Crippen LogP contribution in [-0.2, 0) is 22.6 Å². The number of esters is 1. The number of pyridine rings is 1. The molecule has 0 atom stereocenters. The van der Waals surface area contributed by atoms with Gasteiger partial charge in [0.05, 0.1) is 26.0 Å². The number of rotatable bonds is 1. The highest BCUT2D eigenvalue weighted by Crippen LogP contribution is 2.12. The molecule has 2 rings (SSSR count). The van der Waals surface area contributed by atoms with E-state index < -0.39 is 5.97 Å². The van der Waals surface area contributed by atoms with E-state index in [1.54, 1.807) is 6.20 Å². The van der Waals surface area contributed by atoms with Crippen LogP contribution in [0.5, 0.6) is 0 Å². The predicted molar refractivity (Wildman–Crippen MR) is 51.7 cm³/mol. The zero-order valence-electron chi connectivity index (χ0n) is 8.36. The molecule has 15 heavy (non-hydrogen) atoms. The molecule has 1 aliphatic rings. The third-order valence-electron chi connectivity index (χ3n) is 2.39. The van der Waals surface area contributed by atoms with Crippen molar-refractivity contribution in [3.63, 3.8) is 0 Å². The van der Waals surface area contributed by atoms with E-state index in [1.807, 2.05) is 4.57 Å². The summed E-state index contributed by atoms with van der Waals surface area (Å²) in [6.45, 7) is 1.52. The van der Waals surface area contributed by atoms with E-state index in [-0.39, 0.29) is 17.6 Å². The van der Waals surface area contributed by atoms with Crippen LogP contribution < -0.4 is 5.43 Å². The molecule has 2 heterocycles. The molecule has 0 fully saturated rings. The van der Waals surface area contributed by atoms with E-state index >= 15 is 0 Å². The maximum atomic E-state index is 11.5. The fourth-order valence-corrected chi connectivity index (χ4v) is 1.63. The number of fused-ring (bicyclic) bond motifs is 1. The summed E-state index contributed by atoms with van der Waals surface area (Å²) in [4.78, 5) is 22.9. The van der Waals surface area contributed by atoms with Gasteiger partial charge in [0.2, 0.25) is 0 Å². The predicted octanol–water partition coefficient (Wildman–Crippen LogP) is 0.165. The highest BCUT2D eigenvalue weighted by Gasteiger charge is 2.20. The van der Waals surface area contributed by atoms with Crippen LogP contribution in [0.2, 0.25) is 0 Å². The Morgan fingerprint density at radius 2 is 2.40 bits per heavy atom. The monoisotopic (exact) mass is 209 g/mol. The topological polar surface area (TPSA) is 57.5 Å². The highest BCUT2D eigenvalue weighted by molar-refractivity contribution is 5.90. The van der Waals surface area contributed by atoms with Crippen LogP contribution in [0, 0.1) is 0 Å². The minimum Gasteiger partial charge on any atom is -0.465 e. The number of carbonyl (C=O) groups excluding carboxylic acids is 1. The van der Waals surface area contributed by atoms with Crippen LogP contribution >= 0.6 is 0 Å². The Bertz CT molecular complexity index is 449. The first-order chi connectivity index (χ1) is 7.24. The average molecular weight is 209 g/mol. The summed E-state index contributed by atoms with van der Waals surface area (Å²) in [7, 11) is 1.26. The molecule has 80 valence electrons. The molecule has 1 aromatic heterocycles. The molecule has 1 aliphatic heterocycles. The zero-order chi connectivity index (χ0) is 10.8. The molecule has 0 amide bonds. The number of ether oxygens (including phenoxy) is 2. The van der Waals surface area contributed by atoms with E-state index in [1.165, 1.54) is 13.2 Å². The Labute approximate surface area is 86.2 Å². The molecule has 0 spiro atoms. The number of hydrogen-bond donors (Lipinski definition) is 0. The van der Waals surface area contributed by atoms with Crippen molar-refractivity contribution in [1.82, 2.24) is 4.57 Å². The summed E-state index contributed by atoms with van der Waals surface area (Å²) in [6.07, 6.45) is 1.67. The van der Waals surface area contributed by atoms with E-state index in [4.69, 9.17) is 4.74 Å². The third kappa shape index (κ3) is 1.66. The summed E-state index contributed by atoms with van der Waals surface area (Å²) in [6, 6.07) is 1.38. The largest absolute Gasteiger partial charge is 0.465 e. The van der Waals surface area contributed by atoms with Gasteiger partial charge in [-0.15, -0.1) is 0 Å². The Kier molecular flexibility index (Phi) is 2.55. The first-order valence-electron chi connectivity index (χ1n) is 4.62. The second-order valence-electron chi connectivity index (χ2n) is 3.24. The van der Waals surface area contributed by atoms with E-state index in [9.17, 15) is 9.59 Å². The van der Waals surface area contributed by atoms with Crippen molar-refractivity contribution in [2.24, 2.45) is 0 Å². The summed E-state index contributed by atoms with van der Waals surface area (Å²) < 4.78 is 11.6. The van der Waals surface area contributed by atoms with Gasteiger partial charge < -0.3 is 14.0 Å². The smallest absolute Gasteiger partial charge is 0.343 e. The molecule has 0 aromatic carbocycles.